The molecule has 0 amide bonds. The van der Waals surface area contributed by atoms with E-state index >= 15 is 0 Å². The van der Waals surface area contributed by atoms with Crippen LogP contribution in [0.3, 0.4) is 0 Å². The molecule has 2 unspecified atom stereocenters. The average Bonchev–Trinajstić information content (AvgIpc) is 2.12. The molecule has 4 heteroatoms. The second-order valence-corrected chi connectivity index (χ2v) is 10.7. The highest BCUT2D eigenvalue weighted by Gasteiger charge is 2.55. The number of rotatable bonds is 0. The zero-order valence-corrected chi connectivity index (χ0v) is 16.0. The maximum absolute atomic E-state index is 3.84. The van der Waals surface area contributed by atoms with E-state index < -0.39 is 0 Å². The van der Waals surface area contributed by atoms with Gasteiger partial charge in [0.25, 0.3) is 0 Å². The highest BCUT2D eigenvalue weighted by atomic mass is 79.9. The minimum absolute atomic E-state index is 0.462. The quantitative estimate of drug-likeness (QED) is 0.393. The Morgan fingerprint density at radius 3 is 1.00 bits per heavy atom. The van der Waals surface area contributed by atoms with Gasteiger partial charge in [0.1, 0.15) is 0 Å². The summed E-state index contributed by atoms with van der Waals surface area (Å²) in [5.41, 5.74) is 0.924. The van der Waals surface area contributed by atoms with Crippen molar-refractivity contribution in [3.05, 3.63) is 0 Å². The van der Waals surface area contributed by atoms with Crippen LogP contribution in [-0.2, 0) is 0 Å². The van der Waals surface area contributed by atoms with Crippen LogP contribution in [0.5, 0.6) is 0 Å². The van der Waals surface area contributed by atoms with Crippen LogP contribution in [0.25, 0.3) is 0 Å². The zero-order valence-electron chi connectivity index (χ0n) is 9.65. The van der Waals surface area contributed by atoms with Crippen molar-refractivity contribution < 1.29 is 0 Å². The second-order valence-electron chi connectivity index (χ2n) is 6.00. The van der Waals surface area contributed by atoms with Gasteiger partial charge in [-0.05, 0) is 36.5 Å². The minimum atomic E-state index is 0.462. The van der Waals surface area contributed by atoms with Crippen molar-refractivity contribution in [2.24, 2.45) is 10.8 Å². The molecule has 2 rings (SSSR count). The van der Waals surface area contributed by atoms with Crippen molar-refractivity contribution in [3.8, 4) is 0 Å². The van der Waals surface area contributed by atoms with E-state index in [9.17, 15) is 0 Å². The monoisotopic (exact) mass is 478 g/mol. The van der Waals surface area contributed by atoms with Gasteiger partial charge in [-0.25, -0.2) is 0 Å². The SMILES string of the molecule is CC12C[C@@H](Br)[C@@H](Br)CC1(C)C[C@H](Br)[C@@H](Br)C2. The number of alkyl halides is 4. The fourth-order valence-electron chi connectivity index (χ4n) is 3.39. The van der Waals surface area contributed by atoms with Crippen LogP contribution in [0, 0.1) is 10.8 Å². The number of halogens is 4. The van der Waals surface area contributed by atoms with E-state index in [1.807, 2.05) is 0 Å². The fraction of sp³-hybridized carbons (Fsp3) is 1.00. The third-order valence-electron chi connectivity index (χ3n) is 4.82. The molecule has 0 heterocycles. The first-order valence-electron chi connectivity index (χ1n) is 5.84. The predicted octanol–water partition coefficient (Wildman–Crippen LogP) is 5.64. The van der Waals surface area contributed by atoms with Gasteiger partial charge in [0, 0.05) is 19.3 Å². The van der Waals surface area contributed by atoms with Gasteiger partial charge in [-0.3, -0.25) is 0 Å². The van der Waals surface area contributed by atoms with E-state index in [0.29, 0.717) is 30.1 Å². The fourth-order valence-corrected chi connectivity index (χ4v) is 6.99. The average molecular weight is 482 g/mol. The number of hydrogen-bond acceptors (Lipinski definition) is 0. The van der Waals surface area contributed by atoms with Crippen LogP contribution in [0.1, 0.15) is 39.5 Å². The first-order valence-corrected chi connectivity index (χ1v) is 9.50. The molecule has 2 aliphatic rings. The molecule has 16 heavy (non-hydrogen) atoms. The molecule has 94 valence electrons. The van der Waals surface area contributed by atoms with Gasteiger partial charge in [-0.2, -0.15) is 0 Å². The Labute approximate surface area is 132 Å². The first-order chi connectivity index (χ1) is 7.27. The molecule has 0 saturated heterocycles. The van der Waals surface area contributed by atoms with Gasteiger partial charge in [0.05, 0.1) is 0 Å². The largest absolute Gasteiger partial charge is 0.0878 e. The molecule has 6 atom stereocenters. The number of fused-ring (bicyclic) bond motifs is 1. The Morgan fingerprint density at radius 2 is 0.812 bits per heavy atom. The van der Waals surface area contributed by atoms with Crippen LogP contribution in [-0.4, -0.2) is 19.3 Å². The normalized spacial score (nSPS) is 58.1. The topological polar surface area (TPSA) is 0 Å². The van der Waals surface area contributed by atoms with E-state index in [2.05, 4.69) is 77.6 Å². The smallest absolute Gasteiger partial charge is 0.0276 e. The molecule has 0 aromatic carbocycles. The van der Waals surface area contributed by atoms with Crippen molar-refractivity contribution >= 4 is 63.7 Å². The Hall–Kier alpha value is 1.92. The maximum Gasteiger partial charge on any atom is 0.0276 e. The van der Waals surface area contributed by atoms with Gasteiger partial charge < -0.3 is 0 Å². The molecular formula is C12H18Br4. The Morgan fingerprint density at radius 1 is 0.625 bits per heavy atom. The van der Waals surface area contributed by atoms with Gasteiger partial charge in [-0.15, -0.1) is 0 Å². The summed E-state index contributed by atoms with van der Waals surface area (Å²) in [6, 6.07) is 0. The van der Waals surface area contributed by atoms with Crippen LogP contribution in [0.2, 0.25) is 0 Å². The van der Waals surface area contributed by atoms with Gasteiger partial charge in [-0.1, -0.05) is 77.6 Å². The zero-order chi connectivity index (χ0) is 12.1. The minimum Gasteiger partial charge on any atom is -0.0878 e. The summed E-state index contributed by atoms with van der Waals surface area (Å²) in [4.78, 5) is 2.49. The van der Waals surface area contributed by atoms with E-state index in [0.717, 1.165) is 0 Å². The standard InChI is InChI=1S/C12H18Br4/c1-11-3-7(13)9(15)5-12(11,2)6-10(16)8(14)4-11/h7-10H,3-6H2,1-2H3/t7-,8-,9-,10+,11?,12?/m0/s1. The van der Waals surface area contributed by atoms with E-state index in [1.54, 1.807) is 0 Å². The van der Waals surface area contributed by atoms with E-state index in [4.69, 9.17) is 0 Å². The van der Waals surface area contributed by atoms with Gasteiger partial charge in [0.2, 0.25) is 0 Å². The highest BCUT2D eigenvalue weighted by Crippen LogP contribution is 2.62. The summed E-state index contributed by atoms with van der Waals surface area (Å²) in [6.07, 6.45) is 5.12. The van der Waals surface area contributed by atoms with Crippen LogP contribution in [0.4, 0.5) is 0 Å². The summed E-state index contributed by atoms with van der Waals surface area (Å²) in [5.74, 6) is 0. The Bertz CT molecular complexity index is 230. The van der Waals surface area contributed by atoms with E-state index in [1.165, 1.54) is 25.7 Å². The third kappa shape index (κ3) is 2.34. The first kappa shape index (κ1) is 14.3. The molecule has 0 aromatic rings. The number of hydrogen-bond donors (Lipinski definition) is 0. The van der Waals surface area contributed by atoms with Crippen LogP contribution >= 0.6 is 63.7 Å². The van der Waals surface area contributed by atoms with Crippen molar-refractivity contribution in [2.45, 2.75) is 58.8 Å². The molecule has 0 spiro atoms. The summed E-state index contributed by atoms with van der Waals surface area (Å²) in [5, 5.41) is 0. The van der Waals surface area contributed by atoms with Crippen molar-refractivity contribution in [1.29, 1.82) is 0 Å². The lowest BCUT2D eigenvalue weighted by Crippen LogP contribution is -2.54. The van der Waals surface area contributed by atoms with Crippen molar-refractivity contribution in [2.75, 3.05) is 0 Å². The summed E-state index contributed by atoms with van der Waals surface area (Å²) in [6.45, 7) is 4.96. The Kier molecular flexibility index (Phi) is 4.29. The summed E-state index contributed by atoms with van der Waals surface area (Å²) >= 11 is 15.3. The summed E-state index contributed by atoms with van der Waals surface area (Å²) in [7, 11) is 0. The van der Waals surface area contributed by atoms with Crippen LogP contribution < -0.4 is 0 Å². The lowest BCUT2D eigenvalue weighted by molar-refractivity contribution is -0.0127. The molecule has 0 bridgehead atoms. The van der Waals surface area contributed by atoms with Crippen molar-refractivity contribution in [3.63, 3.8) is 0 Å². The molecule has 0 aromatic heterocycles. The second kappa shape index (κ2) is 4.79. The van der Waals surface area contributed by atoms with Gasteiger partial charge >= 0.3 is 0 Å². The molecular weight excluding hydrogens is 464 g/mol. The predicted molar refractivity (Wildman–Crippen MR) is 85.5 cm³/mol. The molecule has 0 nitrogen and oxygen atoms in total. The van der Waals surface area contributed by atoms with Gasteiger partial charge in [0.15, 0.2) is 0 Å². The highest BCUT2D eigenvalue weighted by molar-refractivity contribution is 9.12. The molecule has 2 fully saturated rings. The molecule has 0 N–H and O–H groups in total. The maximum atomic E-state index is 3.84. The lowest BCUT2D eigenvalue weighted by Gasteiger charge is -2.58. The van der Waals surface area contributed by atoms with E-state index in [-0.39, 0.29) is 0 Å². The van der Waals surface area contributed by atoms with Crippen LogP contribution in [0.15, 0.2) is 0 Å². The molecule has 0 aliphatic heterocycles. The molecule has 2 saturated carbocycles. The molecule has 2 aliphatic carbocycles. The van der Waals surface area contributed by atoms with Crippen molar-refractivity contribution in [1.82, 2.24) is 0 Å². The summed E-state index contributed by atoms with van der Waals surface area (Å²) < 4.78 is 0. The Balaban J connectivity index is 2.27. The third-order valence-corrected chi connectivity index (χ3v) is 10.1. The lowest BCUT2D eigenvalue weighted by atomic mass is 9.52. The molecule has 0 radical (unpaired) electrons.